The van der Waals surface area contributed by atoms with Crippen LogP contribution in [0.3, 0.4) is 0 Å². The summed E-state index contributed by atoms with van der Waals surface area (Å²) in [6.45, 7) is 13.6. The molecule has 308 valence electrons. The fourth-order valence-electron chi connectivity index (χ4n) is 9.12. The standard InChI is InChI=1S/C62H60/c1-43(2)40-54(31-28-46(5)48-20-15-14-18-44(3)26-29-48)61-57-24-16-17-25-58(57)62(55-37-36-52(30-27-45(4)41-55)56-23-13-8-7-10-19-47(56)6)60-42-53(38-39-59(60)61)51-34-32-50(33-35-51)49-21-11-9-12-22-49/h7-9,11-18,20-25,28,30-42,45H,10,19,26-27,29H2,1-6H3/b8-7-,15-14-,23-13-,37-36-,44-18?,46-28+,48-20+,52-30-,54-31+,55-41+,56-47?. The van der Waals surface area contributed by atoms with Gasteiger partial charge in [-0.1, -0.05) is 206 Å². The number of allylic oxidation sites excluding steroid dienone is 24. The highest BCUT2D eigenvalue weighted by Crippen LogP contribution is 2.44. The molecule has 3 aliphatic rings. The summed E-state index contributed by atoms with van der Waals surface area (Å²) in [5.74, 6) is 0.358. The lowest BCUT2D eigenvalue weighted by Gasteiger charge is -2.21. The van der Waals surface area contributed by atoms with Crippen LogP contribution in [0.4, 0.5) is 0 Å². The number of fused-ring (bicyclic) bond motifs is 2. The molecule has 0 amide bonds. The van der Waals surface area contributed by atoms with Gasteiger partial charge in [-0.05, 0) is 167 Å². The van der Waals surface area contributed by atoms with E-state index in [0.717, 1.165) is 32.1 Å². The van der Waals surface area contributed by atoms with Crippen LogP contribution in [0.2, 0.25) is 0 Å². The molecule has 0 heterocycles. The van der Waals surface area contributed by atoms with E-state index in [1.54, 1.807) is 0 Å². The first-order valence-electron chi connectivity index (χ1n) is 22.6. The number of hydrogen-bond donors (Lipinski definition) is 0. The summed E-state index contributed by atoms with van der Waals surface area (Å²) in [6.07, 6.45) is 39.9. The molecular weight excluding hydrogens is 745 g/mol. The monoisotopic (exact) mass is 804 g/mol. The van der Waals surface area contributed by atoms with Gasteiger partial charge in [-0.15, -0.1) is 0 Å². The number of hydrogen-bond acceptors (Lipinski definition) is 0. The van der Waals surface area contributed by atoms with Gasteiger partial charge in [0, 0.05) is 0 Å². The molecule has 0 fully saturated rings. The summed E-state index contributed by atoms with van der Waals surface area (Å²) >= 11 is 0. The SMILES string of the molecule is CC(C)=C\C(=C/C=C(C)/C1=C/C=C\C=C(C)CC1)c1c2ccccc2c(C2=C/C(C)C/C=C(C3=C(C)CC/C=C\C=C/3)/C=C\2)c2cc(-c3ccc(-c4ccccc4)cc3)ccc12. The van der Waals surface area contributed by atoms with Gasteiger partial charge in [0.1, 0.15) is 0 Å². The summed E-state index contributed by atoms with van der Waals surface area (Å²) in [5.41, 5.74) is 19.5. The third-order valence-corrected chi connectivity index (χ3v) is 12.6. The minimum Gasteiger partial charge on any atom is -0.0842 e. The van der Waals surface area contributed by atoms with E-state index < -0.39 is 0 Å². The maximum Gasteiger partial charge on any atom is -0.00264 e. The lowest BCUT2D eigenvalue weighted by molar-refractivity contribution is 0.743. The van der Waals surface area contributed by atoms with E-state index in [1.807, 2.05) is 0 Å². The molecule has 0 spiro atoms. The van der Waals surface area contributed by atoms with Crippen LogP contribution in [0.25, 0.3) is 54.9 Å². The Morgan fingerprint density at radius 3 is 2.06 bits per heavy atom. The van der Waals surface area contributed by atoms with Crippen molar-refractivity contribution < 1.29 is 0 Å². The van der Waals surface area contributed by atoms with Gasteiger partial charge in [0.05, 0.1) is 0 Å². The Labute approximate surface area is 371 Å². The second kappa shape index (κ2) is 19.5. The van der Waals surface area contributed by atoms with Crippen molar-refractivity contribution >= 4 is 32.7 Å². The molecule has 3 aliphatic carbocycles. The molecule has 1 unspecified atom stereocenters. The lowest BCUT2D eigenvalue weighted by atomic mass is 9.82. The van der Waals surface area contributed by atoms with Crippen LogP contribution in [0.5, 0.6) is 0 Å². The second-order valence-electron chi connectivity index (χ2n) is 17.6. The van der Waals surface area contributed by atoms with Gasteiger partial charge in [0.15, 0.2) is 0 Å². The molecule has 1 atom stereocenters. The molecule has 0 nitrogen and oxygen atoms in total. The Morgan fingerprint density at radius 2 is 1.27 bits per heavy atom. The Balaban J connectivity index is 1.35. The van der Waals surface area contributed by atoms with E-state index in [9.17, 15) is 0 Å². The zero-order valence-corrected chi connectivity index (χ0v) is 37.5. The summed E-state index contributed by atoms with van der Waals surface area (Å²) in [7, 11) is 0. The highest BCUT2D eigenvalue weighted by Gasteiger charge is 2.20. The lowest BCUT2D eigenvalue weighted by Crippen LogP contribution is -2.00. The molecule has 0 radical (unpaired) electrons. The van der Waals surface area contributed by atoms with Gasteiger partial charge in [-0.3, -0.25) is 0 Å². The summed E-state index contributed by atoms with van der Waals surface area (Å²) in [4.78, 5) is 0. The molecule has 5 aromatic rings. The average molecular weight is 805 g/mol. The quantitative estimate of drug-likeness (QED) is 0.108. The van der Waals surface area contributed by atoms with Gasteiger partial charge in [-0.2, -0.15) is 0 Å². The zero-order chi connectivity index (χ0) is 43.0. The van der Waals surface area contributed by atoms with Gasteiger partial charge < -0.3 is 0 Å². The van der Waals surface area contributed by atoms with Crippen molar-refractivity contribution in [3.8, 4) is 22.3 Å². The van der Waals surface area contributed by atoms with E-state index in [4.69, 9.17) is 0 Å². The van der Waals surface area contributed by atoms with Gasteiger partial charge >= 0.3 is 0 Å². The Bertz CT molecular complexity index is 2870. The first-order chi connectivity index (χ1) is 30.2. The van der Waals surface area contributed by atoms with Crippen molar-refractivity contribution in [3.63, 3.8) is 0 Å². The van der Waals surface area contributed by atoms with Crippen molar-refractivity contribution in [1.29, 1.82) is 0 Å². The van der Waals surface area contributed by atoms with E-state index in [2.05, 4.69) is 230 Å². The number of rotatable bonds is 8. The summed E-state index contributed by atoms with van der Waals surface area (Å²) in [6, 6.07) is 36.1. The molecular formula is C62H60. The molecule has 0 aliphatic heterocycles. The van der Waals surface area contributed by atoms with E-state index in [0.29, 0.717) is 5.92 Å². The van der Waals surface area contributed by atoms with Crippen molar-refractivity contribution in [2.75, 3.05) is 0 Å². The zero-order valence-electron chi connectivity index (χ0n) is 37.5. The third kappa shape index (κ3) is 9.67. The molecule has 0 N–H and O–H groups in total. The Hall–Kier alpha value is -6.50. The van der Waals surface area contributed by atoms with Crippen LogP contribution in [-0.2, 0) is 0 Å². The molecule has 5 aromatic carbocycles. The van der Waals surface area contributed by atoms with Crippen molar-refractivity contribution in [2.45, 2.75) is 73.6 Å². The van der Waals surface area contributed by atoms with Crippen LogP contribution in [0.1, 0.15) is 84.8 Å². The molecule has 62 heavy (non-hydrogen) atoms. The molecule has 0 bridgehead atoms. The molecule has 0 saturated carbocycles. The van der Waals surface area contributed by atoms with Crippen LogP contribution in [-0.4, -0.2) is 0 Å². The van der Waals surface area contributed by atoms with Gasteiger partial charge in [0.25, 0.3) is 0 Å². The average Bonchev–Trinajstić information content (AvgIpc) is 3.26. The van der Waals surface area contributed by atoms with Crippen molar-refractivity contribution in [3.05, 3.63) is 238 Å². The maximum absolute atomic E-state index is 2.51. The highest BCUT2D eigenvalue weighted by atomic mass is 14.2. The topological polar surface area (TPSA) is 0 Å². The largest absolute Gasteiger partial charge is 0.0842 e. The molecule has 0 heteroatoms. The van der Waals surface area contributed by atoms with Gasteiger partial charge in [-0.25, -0.2) is 0 Å². The van der Waals surface area contributed by atoms with Crippen LogP contribution >= 0.6 is 0 Å². The summed E-state index contributed by atoms with van der Waals surface area (Å²) < 4.78 is 0. The Kier molecular flexibility index (Phi) is 13.3. The first kappa shape index (κ1) is 42.2. The van der Waals surface area contributed by atoms with E-state index in [-0.39, 0.29) is 0 Å². The minimum absolute atomic E-state index is 0.358. The van der Waals surface area contributed by atoms with Crippen molar-refractivity contribution in [2.24, 2.45) is 5.92 Å². The number of benzene rings is 5. The van der Waals surface area contributed by atoms with E-state index >= 15 is 0 Å². The maximum atomic E-state index is 2.51. The van der Waals surface area contributed by atoms with Crippen LogP contribution < -0.4 is 0 Å². The first-order valence-corrected chi connectivity index (χ1v) is 22.6. The van der Waals surface area contributed by atoms with Crippen LogP contribution in [0, 0.1) is 5.92 Å². The summed E-state index contributed by atoms with van der Waals surface area (Å²) in [5, 5.41) is 5.08. The molecule has 0 saturated heterocycles. The Morgan fingerprint density at radius 1 is 0.597 bits per heavy atom. The molecule has 8 rings (SSSR count). The fraction of sp³-hybridized carbons (Fsp3) is 0.194. The third-order valence-electron chi connectivity index (χ3n) is 12.6. The smallest absolute Gasteiger partial charge is 0.00264 e. The van der Waals surface area contributed by atoms with E-state index in [1.165, 1.54) is 105 Å². The minimum atomic E-state index is 0.358. The predicted molar refractivity (Wildman–Crippen MR) is 273 cm³/mol. The van der Waals surface area contributed by atoms with Gasteiger partial charge in [0.2, 0.25) is 0 Å². The predicted octanol–water partition coefficient (Wildman–Crippen LogP) is 18.0. The fourth-order valence-corrected chi connectivity index (χ4v) is 9.12. The normalized spacial score (nSPS) is 22.2. The van der Waals surface area contributed by atoms with Crippen LogP contribution in [0.15, 0.2) is 227 Å². The van der Waals surface area contributed by atoms with Crippen molar-refractivity contribution in [1.82, 2.24) is 0 Å². The molecule has 0 aromatic heterocycles. The highest BCUT2D eigenvalue weighted by molar-refractivity contribution is 6.18. The second-order valence-corrected chi connectivity index (χ2v) is 17.6.